The SMILES string of the molecule is O=C(O)c1ccc(-c2ccc(-c3nc4nc(O[C@H]5CC[C@H](C(=O)N6CCC6)CC5)[nH]c4cc3Cl)cc2)cc1. The fourth-order valence-electron chi connectivity index (χ4n) is 5.16. The molecule has 2 fully saturated rings. The van der Waals surface area contributed by atoms with Gasteiger partial charge in [-0.1, -0.05) is 48.0 Å². The van der Waals surface area contributed by atoms with Crippen molar-refractivity contribution < 1.29 is 19.4 Å². The summed E-state index contributed by atoms with van der Waals surface area (Å²) in [5.74, 6) is -0.533. The number of imidazole rings is 1. The van der Waals surface area contributed by atoms with Gasteiger partial charge in [0.1, 0.15) is 6.10 Å². The molecular weight excluding hydrogens is 504 g/mol. The highest BCUT2D eigenvalue weighted by atomic mass is 35.5. The van der Waals surface area contributed by atoms with Gasteiger partial charge in [0.2, 0.25) is 5.91 Å². The number of likely N-dealkylation sites (tertiary alicyclic amines) is 1. The minimum absolute atomic E-state index is 0.0167. The van der Waals surface area contributed by atoms with Crippen molar-refractivity contribution in [1.82, 2.24) is 19.9 Å². The van der Waals surface area contributed by atoms with Gasteiger partial charge in [-0.2, -0.15) is 4.98 Å². The molecule has 1 amide bonds. The van der Waals surface area contributed by atoms with Crippen LogP contribution in [0.2, 0.25) is 5.02 Å². The van der Waals surface area contributed by atoms with Crippen LogP contribution in [0.1, 0.15) is 42.5 Å². The van der Waals surface area contributed by atoms with E-state index in [-0.39, 0.29) is 17.6 Å². The van der Waals surface area contributed by atoms with Gasteiger partial charge in [-0.3, -0.25) is 4.79 Å². The van der Waals surface area contributed by atoms with Crippen molar-refractivity contribution in [2.45, 2.75) is 38.2 Å². The van der Waals surface area contributed by atoms with Crippen molar-refractivity contribution in [3.05, 3.63) is 65.2 Å². The first kappa shape index (κ1) is 24.4. The number of pyridine rings is 1. The highest BCUT2D eigenvalue weighted by molar-refractivity contribution is 6.33. The molecule has 2 N–H and O–H groups in total. The summed E-state index contributed by atoms with van der Waals surface area (Å²) in [6.07, 6.45) is 4.47. The number of carboxylic acid groups (broad SMARTS) is 1. The number of nitrogens with zero attached hydrogens (tertiary/aromatic N) is 3. The molecule has 2 aromatic heterocycles. The van der Waals surface area contributed by atoms with E-state index in [2.05, 4.69) is 9.97 Å². The number of ether oxygens (including phenoxy) is 1. The van der Waals surface area contributed by atoms with E-state index in [1.54, 1.807) is 30.3 Å². The second-order valence-corrected chi connectivity index (χ2v) is 10.4. The Labute approximate surface area is 224 Å². The third-order valence-corrected chi connectivity index (χ3v) is 7.79. The smallest absolute Gasteiger partial charge is 0.335 e. The average Bonchev–Trinajstić information content (AvgIpc) is 3.28. The van der Waals surface area contributed by atoms with Gasteiger partial charge in [0.15, 0.2) is 5.65 Å². The molecule has 9 heteroatoms. The number of nitrogens with one attached hydrogen (secondary N) is 1. The number of carbonyl (C=O) groups is 2. The number of rotatable bonds is 6. The summed E-state index contributed by atoms with van der Waals surface area (Å²) < 4.78 is 6.13. The summed E-state index contributed by atoms with van der Waals surface area (Å²) in [4.78, 5) is 38.0. The Bertz CT molecular complexity index is 1490. The van der Waals surface area contributed by atoms with Crippen molar-refractivity contribution in [2.24, 2.45) is 5.92 Å². The predicted molar refractivity (Wildman–Crippen MR) is 144 cm³/mol. The molecule has 2 aromatic carbocycles. The molecule has 1 aliphatic carbocycles. The van der Waals surface area contributed by atoms with Gasteiger partial charge in [-0.25, -0.2) is 9.78 Å². The molecule has 1 aliphatic heterocycles. The number of halogens is 1. The first-order valence-electron chi connectivity index (χ1n) is 12.9. The average molecular weight is 531 g/mol. The number of aromatic amines is 1. The number of carboxylic acids is 1. The quantitative estimate of drug-likeness (QED) is 0.325. The lowest BCUT2D eigenvalue weighted by Crippen LogP contribution is -2.46. The molecule has 0 unspecified atom stereocenters. The Hall–Kier alpha value is -3.91. The molecule has 6 rings (SSSR count). The maximum atomic E-state index is 12.5. The number of aromatic nitrogens is 3. The monoisotopic (exact) mass is 530 g/mol. The second kappa shape index (κ2) is 10.1. The van der Waals surface area contributed by atoms with Crippen LogP contribution in [0.15, 0.2) is 54.6 Å². The first-order chi connectivity index (χ1) is 18.4. The van der Waals surface area contributed by atoms with Gasteiger partial charge in [0, 0.05) is 24.6 Å². The lowest BCUT2D eigenvalue weighted by molar-refractivity contribution is -0.140. The number of amides is 1. The minimum atomic E-state index is -0.948. The highest BCUT2D eigenvalue weighted by Crippen LogP contribution is 2.33. The van der Waals surface area contributed by atoms with E-state index in [4.69, 9.17) is 26.4 Å². The van der Waals surface area contributed by atoms with Gasteiger partial charge in [0.05, 0.1) is 21.8 Å². The van der Waals surface area contributed by atoms with Crippen LogP contribution in [0.25, 0.3) is 33.5 Å². The van der Waals surface area contributed by atoms with Crippen molar-refractivity contribution >= 4 is 34.6 Å². The Kier molecular flexibility index (Phi) is 6.49. The van der Waals surface area contributed by atoms with E-state index in [0.29, 0.717) is 33.8 Å². The number of hydrogen-bond donors (Lipinski definition) is 2. The van der Waals surface area contributed by atoms with Crippen LogP contribution in [0.4, 0.5) is 0 Å². The number of fused-ring (bicyclic) bond motifs is 1. The topological polar surface area (TPSA) is 108 Å². The Morgan fingerprint density at radius 1 is 0.921 bits per heavy atom. The predicted octanol–water partition coefficient (Wildman–Crippen LogP) is 5.81. The molecule has 3 heterocycles. The van der Waals surface area contributed by atoms with Crippen molar-refractivity contribution in [3.8, 4) is 28.4 Å². The molecule has 0 radical (unpaired) electrons. The Morgan fingerprint density at radius 3 is 2.16 bits per heavy atom. The van der Waals surface area contributed by atoms with Gasteiger partial charge < -0.3 is 19.7 Å². The molecule has 194 valence electrons. The molecule has 2 aliphatic rings. The molecule has 38 heavy (non-hydrogen) atoms. The maximum Gasteiger partial charge on any atom is 0.335 e. The van der Waals surface area contributed by atoms with Crippen LogP contribution >= 0.6 is 11.6 Å². The Balaban J connectivity index is 1.14. The van der Waals surface area contributed by atoms with Crippen LogP contribution in [0, 0.1) is 5.92 Å². The second-order valence-electron chi connectivity index (χ2n) is 9.96. The standard InChI is InChI=1S/C29H27ClN4O4/c30-23-16-24-26(33-29(31-24)38-22-12-10-20(11-13-22)27(35)34-14-1-15-34)32-25(23)19-6-2-17(3-7-19)18-4-8-21(9-5-18)28(36)37/h2-9,16,20,22H,1,10-15H2,(H,36,37)(H,31,32,33)/t20-,22-. The third-order valence-electron chi connectivity index (χ3n) is 7.50. The van der Waals surface area contributed by atoms with Crippen molar-refractivity contribution in [1.29, 1.82) is 0 Å². The van der Waals surface area contributed by atoms with Gasteiger partial charge in [-0.15, -0.1) is 0 Å². The zero-order chi connectivity index (χ0) is 26.2. The van der Waals surface area contributed by atoms with Crippen molar-refractivity contribution in [2.75, 3.05) is 13.1 Å². The van der Waals surface area contributed by atoms with E-state index < -0.39 is 5.97 Å². The first-order valence-corrected chi connectivity index (χ1v) is 13.3. The van der Waals surface area contributed by atoms with Crippen LogP contribution in [0.5, 0.6) is 6.01 Å². The molecule has 1 saturated carbocycles. The summed E-state index contributed by atoms with van der Waals surface area (Å²) in [5.41, 5.74) is 4.82. The van der Waals surface area contributed by atoms with Crippen LogP contribution in [-0.2, 0) is 4.79 Å². The number of hydrogen-bond acceptors (Lipinski definition) is 5. The van der Waals surface area contributed by atoms with E-state index in [1.807, 2.05) is 29.2 Å². The molecule has 0 spiro atoms. The summed E-state index contributed by atoms with van der Waals surface area (Å²) >= 11 is 6.59. The number of H-pyrrole nitrogens is 1. The largest absolute Gasteiger partial charge is 0.478 e. The van der Waals surface area contributed by atoms with E-state index in [0.717, 1.165) is 61.9 Å². The summed E-state index contributed by atoms with van der Waals surface area (Å²) in [7, 11) is 0. The van der Waals surface area contributed by atoms with Crippen LogP contribution in [0.3, 0.4) is 0 Å². The number of aromatic carboxylic acids is 1. The fourth-order valence-corrected chi connectivity index (χ4v) is 5.42. The molecule has 1 saturated heterocycles. The van der Waals surface area contributed by atoms with Crippen LogP contribution in [-0.4, -0.2) is 56.0 Å². The van der Waals surface area contributed by atoms with Gasteiger partial charge in [0.25, 0.3) is 6.01 Å². The van der Waals surface area contributed by atoms with E-state index in [1.165, 1.54) is 0 Å². The zero-order valence-corrected chi connectivity index (χ0v) is 21.4. The maximum absolute atomic E-state index is 12.5. The van der Waals surface area contributed by atoms with Crippen LogP contribution < -0.4 is 4.74 Å². The van der Waals surface area contributed by atoms with Crippen molar-refractivity contribution in [3.63, 3.8) is 0 Å². The lowest BCUT2D eigenvalue weighted by Gasteiger charge is -2.36. The third kappa shape index (κ3) is 4.84. The highest BCUT2D eigenvalue weighted by Gasteiger charge is 2.32. The molecule has 4 aromatic rings. The number of carbonyl (C=O) groups excluding carboxylic acids is 1. The summed E-state index contributed by atoms with van der Waals surface area (Å²) in [5, 5.41) is 9.60. The summed E-state index contributed by atoms with van der Waals surface area (Å²) in [6.45, 7) is 1.80. The van der Waals surface area contributed by atoms with Gasteiger partial charge >= 0.3 is 5.97 Å². The van der Waals surface area contributed by atoms with E-state index in [9.17, 15) is 9.59 Å². The molecule has 0 bridgehead atoms. The summed E-state index contributed by atoms with van der Waals surface area (Å²) in [6, 6.07) is 16.8. The van der Waals surface area contributed by atoms with E-state index >= 15 is 0 Å². The lowest BCUT2D eigenvalue weighted by atomic mass is 9.86. The zero-order valence-electron chi connectivity index (χ0n) is 20.7. The Morgan fingerprint density at radius 2 is 1.55 bits per heavy atom. The van der Waals surface area contributed by atoms with Gasteiger partial charge in [-0.05, 0) is 61.4 Å². The minimum Gasteiger partial charge on any atom is -0.478 e. The normalized spacial score (nSPS) is 19.2. The molecule has 0 atom stereocenters. The number of benzene rings is 2. The molecule has 8 nitrogen and oxygen atoms in total. The fraction of sp³-hybridized carbons (Fsp3) is 0.310. The molecular formula is C29H27ClN4O4.